The molecule has 4 nitrogen and oxygen atoms in total. The Morgan fingerprint density at radius 3 is 2.38 bits per heavy atom. The predicted octanol–water partition coefficient (Wildman–Crippen LogP) is 4.79. The molecule has 24 heavy (non-hydrogen) atoms. The van der Waals surface area contributed by atoms with Gasteiger partial charge in [0.2, 0.25) is 0 Å². The van der Waals surface area contributed by atoms with Gasteiger partial charge < -0.3 is 9.47 Å². The zero-order valence-corrected chi connectivity index (χ0v) is 14.5. The third-order valence-corrected chi connectivity index (χ3v) is 4.61. The molecule has 1 aliphatic rings. The van der Waals surface area contributed by atoms with Gasteiger partial charge in [0.25, 0.3) is 0 Å². The van der Waals surface area contributed by atoms with Crippen LogP contribution in [0.4, 0.5) is 0 Å². The Balaban J connectivity index is 2.14. The first-order chi connectivity index (χ1) is 11.4. The molecule has 0 atom stereocenters. The van der Waals surface area contributed by atoms with Crippen LogP contribution in [0.2, 0.25) is 5.02 Å². The quantitative estimate of drug-likeness (QED) is 0.569. The molecule has 1 heterocycles. The maximum atomic E-state index is 11.5. The standard InChI is InChI=1S/C18H13ClO4S/c1-10(20)22-14-4-6-17-12(7-14)8-16(23-11(2)21)15-9-13(19)3-5-18(15)24-17/h3-9H,1-2H3. The van der Waals surface area contributed by atoms with Gasteiger partial charge in [-0.2, -0.15) is 0 Å². The number of hydrogen-bond acceptors (Lipinski definition) is 5. The van der Waals surface area contributed by atoms with Crippen molar-refractivity contribution < 1.29 is 19.1 Å². The summed E-state index contributed by atoms with van der Waals surface area (Å²) < 4.78 is 10.5. The van der Waals surface area contributed by atoms with Crippen molar-refractivity contribution in [1.82, 2.24) is 0 Å². The molecule has 0 saturated carbocycles. The highest BCUT2D eigenvalue weighted by atomic mass is 35.5. The van der Waals surface area contributed by atoms with Crippen LogP contribution in [0.5, 0.6) is 5.75 Å². The smallest absolute Gasteiger partial charge is 0.308 e. The normalized spacial score (nSPS) is 12.4. The number of halogens is 1. The van der Waals surface area contributed by atoms with Crippen LogP contribution in [0, 0.1) is 0 Å². The molecule has 1 aliphatic heterocycles. The van der Waals surface area contributed by atoms with E-state index in [1.165, 1.54) is 25.6 Å². The summed E-state index contributed by atoms with van der Waals surface area (Å²) >= 11 is 7.62. The third-order valence-electron chi connectivity index (χ3n) is 3.21. The van der Waals surface area contributed by atoms with Crippen molar-refractivity contribution in [3.8, 4) is 5.75 Å². The van der Waals surface area contributed by atoms with E-state index in [1.807, 2.05) is 12.1 Å². The molecule has 6 heteroatoms. The van der Waals surface area contributed by atoms with Gasteiger partial charge in [-0.05, 0) is 48.0 Å². The summed E-state index contributed by atoms with van der Waals surface area (Å²) in [6.45, 7) is 2.69. The third kappa shape index (κ3) is 3.63. The first kappa shape index (κ1) is 16.6. The average Bonchev–Trinajstić information content (AvgIpc) is 2.63. The van der Waals surface area contributed by atoms with Gasteiger partial charge in [-0.3, -0.25) is 9.59 Å². The minimum Gasteiger partial charge on any atom is -0.427 e. The largest absolute Gasteiger partial charge is 0.427 e. The van der Waals surface area contributed by atoms with E-state index in [0.29, 0.717) is 16.5 Å². The van der Waals surface area contributed by atoms with E-state index >= 15 is 0 Å². The first-order valence-corrected chi connectivity index (χ1v) is 8.32. The molecule has 2 aromatic rings. The fourth-order valence-electron chi connectivity index (χ4n) is 2.32. The number of esters is 2. The van der Waals surface area contributed by atoms with Gasteiger partial charge in [0.15, 0.2) is 0 Å². The van der Waals surface area contributed by atoms with Crippen LogP contribution >= 0.6 is 23.4 Å². The maximum absolute atomic E-state index is 11.5. The molecule has 0 saturated heterocycles. The number of carbonyl (C=O) groups excluding carboxylic acids is 2. The molecule has 0 bridgehead atoms. The van der Waals surface area contributed by atoms with Crippen molar-refractivity contribution in [3.05, 3.63) is 52.5 Å². The molecule has 0 spiro atoms. The topological polar surface area (TPSA) is 52.6 Å². The van der Waals surface area contributed by atoms with Gasteiger partial charge in [-0.25, -0.2) is 0 Å². The summed E-state index contributed by atoms with van der Waals surface area (Å²) in [7, 11) is 0. The molecule has 0 aromatic heterocycles. The first-order valence-electron chi connectivity index (χ1n) is 7.13. The van der Waals surface area contributed by atoms with Crippen LogP contribution < -0.4 is 4.74 Å². The number of benzene rings is 2. The maximum Gasteiger partial charge on any atom is 0.308 e. The van der Waals surface area contributed by atoms with Gasteiger partial charge in [0.1, 0.15) is 11.5 Å². The molecule has 2 aromatic carbocycles. The van der Waals surface area contributed by atoms with Crippen LogP contribution in [0.15, 0.2) is 46.2 Å². The van der Waals surface area contributed by atoms with Gasteiger partial charge in [-0.1, -0.05) is 23.4 Å². The molecule has 0 fully saturated rings. The number of fused-ring (bicyclic) bond motifs is 2. The highest BCUT2D eigenvalue weighted by Gasteiger charge is 2.19. The van der Waals surface area contributed by atoms with E-state index in [2.05, 4.69) is 0 Å². The Kier molecular flexibility index (Phi) is 4.64. The molecular formula is C18H13ClO4S. The van der Waals surface area contributed by atoms with Crippen molar-refractivity contribution >= 4 is 47.1 Å². The summed E-state index contributed by atoms with van der Waals surface area (Å²) in [4.78, 5) is 24.5. The summed E-state index contributed by atoms with van der Waals surface area (Å²) in [6, 6.07) is 10.8. The van der Waals surface area contributed by atoms with E-state index in [0.717, 1.165) is 20.9 Å². The van der Waals surface area contributed by atoms with Gasteiger partial charge >= 0.3 is 11.9 Å². The highest BCUT2D eigenvalue weighted by molar-refractivity contribution is 7.99. The number of rotatable bonds is 2. The molecule has 122 valence electrons. The van der Waals surface area contributed by atoms with Crippen LogP contribution in [0.3, 0.4) is 0 Å². The molecule has 0 N–H and O–H groups in total. The molecule has 0 aliphatic carbocycles. The van der Waals surface area contributed by atoms with Crippen LogP contribution in [-0.4, -0.2) is 11.9 Å². The highest BCUT2D eigenvalue weighted by Crippen LogP contribution is 2.42. The van der Waals surface area contributed by atoms with Crippen molar-refractivity contribution in [3.63, 3.8) is 0 Å². The lowest BCUT2D eigenvalue weighted by atomic mass is 10.1. The minimum absolute atomic E-state index is 0.393. The molecule has 0 radical (unpaired) electrons. The second-order valence-corrected chi connectivity index (χ2v) is 6.66. The summed E-state index contributed by atoms with van der Waals surface area (Å²) in [5.74, 6) is 0.0303. The number of ether oxygens (including phenoxy) is 2. The number of hydrogen-bond donors (Lipinski definition) is 0. The average molecular weight is 361 g/mol. The van der Waals surface area contributed by atoms with Gasteiger partial charge in [-0.15, -0.1) is 0 Å². The Hall–Kier alpha value is -2.24. The fraction of sp³-hybridized carbons (Fsp3) is 0.111. The van der Waals surface area contributed by atoms with Crippen molar-refractivity contribution in [1.29, 1.82) is 0 Å². The van der Waals surface area contributed by atoms with E-state index in [-0.39, 0.29) is 0 Å². The Morgan fingerprint density at radius 2 is 1.67 bits per heavy atom. The molecule has 0 unspecified atom stereocenters. The Morgan fingerprint density at radius 1 is 0.958 bits per heavy atom. The predicted molar refractivity (Wildman–Crippen MR) is 93.0 cm³/mol. The fourth-order valence-corrected chi connectivity index (χ4v) is 3.51. The van der Waals surface area contributed by atoms with E-state index in [4.69, 9.17) is 21.1 Å². The van der Waals surface area contributed by atoms with Crippen LogP contribution in [0.1, 0.15) is 25.0 Å². The summed E-state index contributed by atoms with van der Waals surface area (Å²) in [6.07, 6.45) is 1.75. The van der Waals surface area contributed by atoms with Gasteiger partial charge in [0, 0.05) is 34.2 Å². The molecule has 0 amide bonds. The lowest BCUT2D eigenvalue weighted by Crippen LogP contribution is -2.01. The monoisotopic (exact) mass is 360 g/mol. The Bertz CT molecular complexity index is 873. The second-order valence-electron chi connectivity index (χ2n) is 5.14. The zero-order chi connectivity index (χ0) is 17.3. The lowest BCUT2D eigenvalue weighted by molar-refractivity contribution is -0.134. The Labute approximate surface area is 148 Å². The van der Waals surface area contributed by atoms with E-state index < -0.39 is 11.9 Å². The molecular weight excluding hydrogens is 348 g/mol. The van der Waals surface area contributed by atoms with Gasteiger partial charge in [0.05, 0.1) is 0 Å². The van der Waals surface area contributed by atoms with Crippen LogP contribution in [0.25, 0.3) is 11.8 Å². The summed E-state index contributed by atoms with van der Waals surface area (Å²) in [5, 5.41) is 0.555. The van der Waals surface area contributed by atoms with Crippen molar-refractivity contribution in [2.75, 3.05) is 0 Å². The number of carbonyl (C=O) groups is 2. The SMILES string of the molecule is CC(=O)OC1=Cc2cc(OC(C)=O)ccc2Sc2ccc(Cl)cc21. The second kappa shape index (κ2) is 6.71. The zero-order valence-electron chi connectivity index (χ0n) is 13.0. The van der Waals surface area contributed by atoms with Crippen molar-refractivity contribution in [2.24, 2.45) is 0 Å². The summed E-state index contributed by atoms with van der Waals surface area (Å²) in [5.41, 5.74) is 1.54. The molecule has 3 rings (SSSR count). The van der Waals surface area contributed by atoms with E-state index in [9.17, 15) is 9.59 Å². The lowest BCUT2D eigenvalue weighted by Gasteiger charge is -2.10. The van der Waals surface area contributed by atoms with Crippen LogP contribution in [-0.2, 0) is 14.3 Å². The van der Waals surface area contributed by atoms with E-state index in [1.54, 1.807) is 30.3 Å². The minimum atomic E-state index is -0.420. The van der Waals surface area contributed by atoms with Crippen molar-refractivity contribution in [2.45, 2.75) is 23.6 Å².